The maximum Gasteiger partial charge on any atom is 0.272 e. The molecule has 336 valence electrons. The summed E-state index contributed by atoms with van der Waals surface area (Å²) in [4.78, 5) is 71.9. The number of hydrogen-bond donors (Lipinski definition) is 2. The van der Waals surface area contributed by atoms with Gasteiger partial charge in [0.1, 0.15) is 30.2 Å². The van der Waals surface area contributed by atoms with E-state index in [-0.39, 0.29) is 42.2 Å². The second kappa shape index (κ2) is 18.5. The molecule has 0 bridgehead atoms. The topological polar surface area (TPSA) is 200 Å². The van der Waals surface area contributed by atoms with E-state index in [4.69, 9.17) is 14.2 Å². The van der Waals surface area contributed by atoms with Gasteiger partial charge in [0, 0.05) is 69.5 Å². The van der Waals surface area contributed by atoms with Crippen LogP contribution in [0.3, 0.4) is 0 Å². The molecule has 17 nitrogen and oxygen atoms in total. The first-order valence-electron chi connectivity index (χ1n) is 22.6. The molecule has 1 saturated carbocycles. The highest BCUT2D eigenvalue weighted by atomic mass is 16.5. The predicted octanol–water partition coefficient (Wildman–Crippen LogP) is 3.71. The first-order valence-corrected chi connectivity index (χ1v) is 22.6. The highest BCUT2D eigenvalue weighted by Crippen LogP contribution is 2.44. The van der Waals surface area contributed by atoms with E-state index in [1.54, 1.807) is 43.5 Å². The van der Waals surface area contributed by atoms with Crippen molar-refractivity contribution in [2.45, 2.75) is 82.4 Å². The molecule has 5 fully saturated rings. The van der Waals surface area contributed by atoms with E-state index in [0.29, 0.717) is 53.0 Å². The summed E-state index contributed by atoms with van der Waals surface area (Å²) in [5.74, 6) is 0.360. The van der Waals surface area contributed by atoms with Crippen LogP contribution < -0.4 is 29.9 Å². The van der Waals surface area contributed by atoms with Gasteiger partial charge in [-0.05, 0) is 119 Å². The summed E-state index contributed by atoms with van der Waals surface area (Å²) in [5.41, 5.74) is 2.54. The van der Waals surface area contributed by atoms with E-state index < -0.39 is 23.8 Å². The average Bonchev–Trinajstić information content (AvgIpc) is 3.54. The van der Waals surface area contributed by atoms with Crippen LogP contribution in [0.25, 0.3) is 0 Å². The van der Waals surface area contributed by atoms with E-state index in [0.717, 1.165) is 114 Å². The number of amides is 5. The van der Waals surface area contributed by atoms with Crippen molar-refractivity contribution >= 4 is 41.0 Å². The Morgan fingerprint density at radius 1 is 0.859 bits per heavy atom. The number of aromatic nitrogens is 2. The minimum absolute atomic E-state index is 0.00205. The van der Waals surface area contributed by atoms with Gasteiger partial charge in [0.2, 0.25) is 11.8 Å². The molecule has 5 aliphatic heterocycles. The first kappa shape index (κ1) is 43.1. The van der Waals surface area contributed by atoms with Gasteiger partial charge in [-0.2, -0.15) is 5.26 Å². The number of nitrogens with one attached hydrogen (secondary N) is 2. The number of methoxy groups -OCH3 is 1. The first-order chi connectivity index (χ1) is 31.1. The van der Waals surface area contributed by atoms with Gasteiger partial charge in [0.05, 0.1) is 29.4 Å². The molecule has 5 amide bonds. The summed E-state index contributed by atoms with van der Waals surface area (Å²) in [6.45, 7) is 7.57. The summed E-state index contributed by atoms with van der Waals surface area (Å²) in [7, 11) is 1.60. The summed E-state index contributed by atoms with van der Waals surface area (Å²) in [6, 6.07) is 15.5. The zero-order valence-electron chi connectivity index (χ0n) is 36.3. The zero-order chi connectivity index (χ0) is 44.4. The Bertz CT molecular complexity index is 2300. The largest absolute Gasteiger partial charge is 0.490 e. The van der Waals surface area contributed by atoms with Crippen LogP contribution in [0.5, 0.6) is 11.5 Å². The van der Waals surface area contributed by atoms with Gasteiger partial charge in [0.15, 0.2) is 11.5 Å². The average molecular weight is 874 g/mol. The molecule has 3 aromatic rings. The molecule has 1 aliphatic carbocycles. The lowest BCUT2D eigenvalue weighted by Gasteiger charge is -2.55. The third-order valence-corrected chi connectivity index (χ3v) is 14.0. The van der Waals surface area contributed by atoms with Crippen LogP contribution in [0.4, 0.5) is 11.5 Å². The molecule has 64 heavy (non-hydrogen) atoms. The van der Waals surface area contributed by atoms with Gasteiger partial charge in [-0.15, -0.1) is 10.2 Å². The molecule has 9 rings (SSSR count). The Balaban J connectivity index is 0.675. The third-order valence-electron chi connectivity index (χ3n) is 14.0. The van der Waals surface area contributed by atoms with E-state index in [9.17, 15) is 29.2 Å². The monoisotopic (exact) mass is 873 g/mol. The number of carbonyl (C=O) groups is 5. The molecule has 2 aromatic carbocycles. The van der Waals surface area contributed by atoms with Crippen LogP contribution in [0, 0.1) is 22.7 Å². The smallest absolute Gasteiger partial charge is 0.272 e. The fraction of sp³-hybridized carbons (Fsp3) is 0.532. The molecule has 1 unspecified atom stereocenters. The van der Waals surface area contributed by atoms with E-state index >= 15 is 0 Å². The molecule has 0 radical (unpaired) electrons. The van der Waals surface area contributed by atoms with Crippen LogP contribution in [-0.2, 0) is 14.3 Å². The van der Waals surface area contributed by atoms with E-state index in [1.165, 1.54) is 0 Å². The zero-order valence-corrected chi connectivity index (χ0v) is 36.3. The third kappa shape index (κ3) is 9.12. The lowest BCUT2D eigenvalue weighted by Crippen LogP contribution is -2.60. The lowest BCUT2D eigenvalue weighted by molar-refractivity contribution is -0.136. The van der Waals surface area contributed by atoms with Crippen molar-refractivity contribution in [1.29, 1.82) is 5.26 Å². The van der Waals surface area contributed by atoms with E-state index in [2.05, 4.69) is 41.6 Å². The number of anilines is 2. The lowest BCUT2D eigenvalue weighted by atomic mass is 9.71. The van der Waals surface area contributed by atoms with Gasteiger partial charge in [-0.3, -0.25) is 34.2 Å². The molecule has 2 N–H and O–H groups in total. The quantitative estimate of drug-likeness (QED) is 0.186. The normalized spacial score (nSPS) is 23.6. The molecule has 17 heteroatoms. The molecule has 1 atom stereocenters. The van der Waals surface area contributed by atoms with Crippen molar-refractivity contribution in [3.8, 4) is 17.6 Å². The van der Waals surface area contributed by atoms with Crippen LogP contribution in [0.15, 0.2) is 48.5 Å². The van der Waals surface area contributed by atoms with Gasteiger partial charge in [0.25, 0.3) is 17.7 Å². The number of piperidine rings is 3. The van der Waals surface area contributed by atoms with E-state index in [1.807, 2.05) is 12.1 Å². The highest BCUT2D eigenvalue weighted by Gasteiger charge is 2.47. The molecule has 1 aromatic heterocycles. The standard InChI is InChI=1S/C47H55N9O8/c1-62-22-23-63-40-25-35(6-2-31(40)26-48)64-34-7-3-32(4-8-34)49-43(58)38-10-12-41(52-51-38)54-18-14-30(15-19-54)27-53-20-16-47(17-21-53)28-55(29-47)33-5-9-36-37(24-33)46(61)56(45(36)60)39-11-13-42(57)50-44(39)59/h2,5-6,9-10,12,24-25,30,32,34,39H,3-4,7-8,11,13-23,27-29H2,1H3,(H,49,58)(H,50,57,59)/t32-,34-,39?. The number of ether oxygens (including phenoxy) is 3. The Morgan fingerprint density at radius 2 is 1.62 bits per heavy atom. The predicted molar refractivity (Wildman–Crippen MR) is 233 cm³/mol. The number of carbonyl (C=O) groups excluding carboxylic acids is 5. The molecule has 6 heterocycles. The Hall–Kier alpha value is -6.12. The number of nitriles is 1. The number of hydrogen-bond acceptors (Lipinski definition) is 14. The fourth-order valence-corrected chi connectivity index (χ4v) is 10.3. The molecular formula is C47H55N9O8. The Labute approximate surface area is 372 Å². The number of benzene rings is 2. The van der Waals surface area contributed by atoms with Crippen molar-refractivity contribution in [3.05, 3.63) is 70.9 Å². The van der Waals surface area contributed by atoms with Crippen LogP contribution in [-0.4, -0.2) is 134 Å². The van der Waals surface area contributed by atoms with Gasteiger partial charge >= 0.3 is 0 Å². The van der Waals surface area contributed by atoms with Crippen molar-refractivity contribution in [2.24, 2.45) is 11.3 Å². The van der Waals surface area contributed by atoms with Gasteiger partial charge < -0.3 is 34.2 Å². The van der Waals surface area contributed by atoms with Gasteiger partial charge in [-0.25, -0.2) is 0 Å². The summed E-state index contributed by atoms with van der Waals surface area (Å²) >= 11 is 0. The van der Waals surface area contributed by atoms with Crippen LogP contribution in [0.1, 0.15) is 101 Å². The minimum Gasteiger partial charge on any atom is -0.490 e. The molecule has 4 saturated heterocycles. The second-order valence-electron chi connectivity index (χ2n) is 18.2. The van der Waals surface area contributed by atoms with Crippen molar-refractivity contribution in [2.75, 3.05) is 75.9 Å². The number of fused-ring (bicyclic) bond motifs is 1. The number of imide groups is 2. The SMILES string of the molecule is COCCOc1cc(O[C@H]2CC[C@H](NC(=O)c3ccc(N4CCC(CN5CCC6(CC5)CN(c5ccc7c(c5)C(=O)N(C5CCC(=O)NC5=O)C7=O)C6)CC4)nn3)CC2)ccc1C#N. The van der Waals surface area contributed by atoms with Crippen molar-refractivity contribution in [1.82, 2.24) is 30.6 Å². The number of nitrogens with zero attached hydrogens (tertiary/aromatic N) is 7. The summed E-state index contributed by atoms with van der Waals surface area (Å²) < 4.78 is 17.0. The van der Waals surface area contributed by atoms with Crippen molar-refractivity contribution < 1.29 is 38.2 Å². The molecular weight excluding hydrogens is 819 g/mol. The summed E-state index contributed by atoms with van der Waals surface area (Å²) in [5, 5.41) is 23.6. The second-order valence-corrected chi connectivity index (χ2v) is 18.2. The van der Waals surface area contributed by atoms with Crippen LogP contribution in [0.2, 0.25) is 0 Å². The number of likely N-dealkylation sites (tertiary alicyclic amines) is 1. The molecule has 6 aliphatic rings. The van der Waals surface area contributed by atoms with Crippen LogP contribution >= 0.6 is 0 Å². The molecule has 1 spiro atoms. The maximum absolute atomic E-state index is 13.4. The maximum atomic E-state index is 13.4. The minimum atomic E-state index is -0.968. The fourth-order valence-electron chi connectivity index (χ4n) is 10.3. The van der Waals surface area contributed by atoms with Crippen molar-refractivity contribution in [3.63, 3.8) is 0 Å². The number of rotatable bonds is 13. The van der Waals surface area contributed by atoms with Gasteiger partial charge in [-0.1, -0.05) is 0 Å². The highest BCUT2D eigenvalue weighted by molar-refractivity contribution is 6.23. The summed E-state index contributed by atoms with van der Waals surface area (Å²) in [6.07, 6.45) is 7.74. The Morgan fingerprint density at radius 3 is 2.33 bits per heavy atom. The Kier molecular flexibility index (Phi) is 12.5.